The average molecular weight is 311 g/mol. The van der Waals surface area contributed by atoms with Gasteiger partial charge in [0.15, 0.2) is 0 Å². The average Bonchev–Trinajstić information content (AvgIpc) is 2.85. The summed E-state index contributed by atoms with van der Waals surface area (Å²) in [5.74, 6) is 0.644. The predicted octanol–water partition coefficient (Wildman–Crippen LogP) is 4.43. The molecule has 1 heterocycles. The first-order valence-electron chi connectivity index (χ1n) is 8.15. The number of ether oxygens (including phenoxy) is 1. The lowest BCUT2D eigenvalue weighted by molar-refractivity contribution is 0.0350. The molecule has 0 bridgehead atoms. The van der Waals surface area contributed by atoms with Crippen LogP contribution in [0.15, 0.2) is 0 Å². The molecule has 1 aliphatic rings. The molecule has 0 aliphatic heterocycles. The van der Waals surface area contributed by atoms with Crippen molar-refractivity contribution in [2.24, 2.45) is 5.92 Å². The van der Waals surface area contributed by atoms with Crippen LogP contribution in [-0.2, 0) is 16.7 Å². The fraction of sp³-hybridized carbons (Fsp3) is 0.824. The molecule has 21 heavy (non-hydrogen) atoms. The van der Waals surface area contributed by atoms with Crippen molar-refractivity contribution in [1.82, 2.24) is 10.3 Å². The summed E-state index contributed by atoms with van der Waals surface area (Å²) in [6, 6.07) is 0. The van der Waals surface area contributed by atoms with Crippen LogP contribution in [0.2, 0.25) is 0 Å². The number of rotatable bonds is 5. The van der Waals surface area contributed by atoms with E-state index in [1.807, 2.05) is 25.5 Å². The van der Waals surface area contributed by atoms with Crippen molar-refractivity contribution in [1.29, 1.82) is 0 Å². The van der Waals surface area contributed by atoms with Gasteiger partial charge in [-0.15, -0.1) is 11.3 Å². The highest BCUT2D eigenvalue weighted by Crippen LogP contribution is 2.40. The molecule has 120 valence electrons. The van der Waals surface area contributed by atoms with Crippen LogP contribution < -0.4 is 5.32 Å². The lowest BCUT2D eigenvalue weighted by Gasteiger charge is -2.27. The molecule has 2 rings (SSSR count). The summed E-state index contributed by atoms with van der Waals surface area (Å²) in [5, 5.41) is 4.46. The van der Waals surface area contributed by atoms with Gasteiger partial charge in [0.1, 0.15) is 11.1 Å². The Kier molecular flexibility index (Phi) is 5.81. The topological polar surface area (TPSA) is 34.1 Å². The number of methoxy groups -OCH3 is 1. The van der Waals surface area contributed by atoms with Crippen LogP contribution in [-0.4, -0.2) is 19.1 Å². The third kappa shape index (κ3) is 4.05. The molecule has 1 aromatic rings. The molecule has 4 heteroatoms. The van der Waals surface area contributed by atoms with Crippen LogP contribution in [0.25, 0.3) is 0 Å². The number of nitrogens with zero attached hydrogens (tertiary/aromatic N) is 1. The fourth-order valence-corrected chi connectivity index (χ4v) is 4.75. The molecule has 0 radical (unpaired) electrons. The van der Waals surface area contributed by atoms with E-state index in [4.69, 9.17) is 9.72 Å². The molecule has 3 nitrogen and oxygen atoms in total. The van der Waals surface area contributed by atoms with Gasteiger partial charge in [-0.1, -0.05) is 40.0 Å². The Hall–Kier alpha value is -0.450. The van der Waals surface area contributed by atoms with Crippen molar-refractivity contribution in [2.75, 3.05) is 14.2 Å². The SMILES string of the molecule is CNCc1sc(C(OC)C2CCCCC2)nc1C(C)(C)C. The molecular formula is C17H30N2OS. The Bertz CT molecular complexity index is 444. The van der Waals surface area contributed by atoms with E-state index >= 15 is 0 Å². The number of hydrogen-bond donors (Lipinski definition) is 1. The van der Waals surface area contributed by atoms with Crippen LogP contribution in [0.4, 0.5) is 0 Å². The van der Waals surface area contributed by atoms with Crippen molar-refractivity contribution in [3.05, 3.63) is 15.6 Å². The zero-order valence-electron chi connectivity index (χ0n) is 14.2. The fourth-order valence-electron chi connectivity index (χ4n) is 3.29. The van der Waals surface area contributed by atoms with Crippen LogP contribution in [0.5, 0.6) is 0 Å². The van der Waals surface area contributed by atoms with E-state index in [-0.39, 0.29) is 11.5 Å². The van der Waals surface area contributed by atoms with E-state index in [0.717, 1.165) is 6.54 Å². The second-order valence-electron chi connectivity index (χ2n) is 7.16. The molecule has 1 fully saturated rings. The lowest BCUT2D eigenvalue weighted by Crippen LogP contribution is -2.19. The zero-order chi connectivity index (χ0) is 15.5. The van der Waals surface area contributed by atoms with Gasteiger partial charge in [-0.2, -0.15) is 0 Å². The maximum Gasteiger partial charge on any atom is 0.122 e. The first-order valence-corrected chi connectivity index (χ1v) is 8.96. The zero-order valence-corrected chi connectivity index (χ0v) is 15.0. The Morgan fingerprint density at radius 3 is 2.48 bits per heavy atom. The van der Waals surface area contributed by atoms with Gasteiger partial charge in [0.2, 0.25) is 0 Å². The summed E-state index contributed by atoms with van der Waals surface area (Å²) in [6.45, 7) is 7.62. The smallest absolute Gasteiger partial charge is 0.122 e. The third-order valence-corrected chi connectivity index (χ3v) is 5.45. The minimum atomic E-state index is 0.0891. The predicted molar refractivity (Wildman–Crippen MR) is 89.9 cm³/mol. The first-order chi connectivity index (χ1) is 9.97. The Morgan fingerprint density at radius 2 is 1.95 bits per heavy atom. The van der Waals surface area contributed by atoms with Gasteiger partial charge in [0, 0.05) is 23.9 Å². The molecule has 0 spiro atoms. The summed E-state index contributed by atoms with van der Waals surface area (Å²) in [5.41, 5.74) is 1.32. The number of hydrogen-bond acceptors (Lipinski definition) is 4. The standard InChI is InChI=1S/C17H30N2OS/c1-17(2,3)15-13(11-18-4)21-16(19-15)14(20-5)12-9-7-6-8-10-12/h12,14,18H,6-11H2,1-5H3. The van der Waals surface area contributed by atoms with Gasteiger partial charge >= 0.3 is 0 Å². The number of aromatic nitrogens is 1. The van der Waals surface area contributed by atoms with Gasteiger partial charge in [-0.25, -0.2) is 4.98 Å². The molecule has 1 saturated carbocycles. The van der Waals surface area contributed by atoms with Crippen LogP contribution in [0.1, 0.15) is 74.6 Å². The molecule has 1 aromatic heterocycles. The first kappa shape index (κ1) is 16.9. The van der Waals surface area contributed by atoms with Gasteiger partial charge in [-0.05, 0) is 25.8 Å². The molecule has 0 amide bonds. The highest BCUT2D eigenvalue weighted by molar-refractivity contribution is 7.11. The maximum absolute atomic E-state index is 5.86. The van der Waals surface area contributed by atoms with Crippen molar-refractivity contribution in [2.45, 2.75) is 70.9 Å². The van der Waals surface area contributed by atoms with E-state index in [2.05, 4.69) is 26.1 Å². The van der Waals surface area contributed by atoms with Crippen LogP contribution in [0, 0.1) is 5.92 Å². The summed E-state index contributed by atoms with van der Waals surface area (Å²) in [6.07, 6.45) is 6.80. The lowest BCUT2D eigenvalue weighted by atomic mass is 9.85. The Labute approximate surface area is 133 Å². The second-order valence-corrected chi connectivity index (χ2v) is 8.27. The van der Waals surface area contributed by atoms with E-state index in [1.54, 1.807) is 0 Å². The van der Waals surface area contributed by atoms with Crippen LogP contribution >= 0.6 is 11.3 Å². The Morgan fingerprint density at radius 1 is 1.29 bits per heavy atom. The summed E-state index contributed by atoms with van der Waals surface area (Å²) >= 11 is 1.84. The number of thiazole rings is 1. The van der Waals surface area contributed by atoms with Gasteiger partial charge in [0.25, 0.3) is 0 Å². The molecule has 1 aliphatic carbocycles. The van der Waals surface area contributed by atoms with E-state index in [9.17, 15) is 0 Å². The highest BCUT2D eigenvalue weighted by atomic mass is 32.1. The van der Waals surface area contributed by atoms with Crippen molar-refractivity contribution >= 4 is 11.3 Å². The molecular weight excluding hydrogens is 280 g/mol. The molecule has 0 saturated heterocycles. The normalized spacial score (nSPS) is 18.9. The van der Waals surface area contributed by atoms with Crippen molar-refractivity contribution < 1.29 is 4.74 Å². The van der Waals surface area contributed by atoms with E-state index in [0.29, 0.717) is 5.92 Å². The van der Waals surface area contributed by atoms with E-state index in [1.165, 1.54) is 47.7 Å². The molecule has 1 atom stereocenters. The van der Waals surface area contributed by atoms with Crippen molar-refractivity contribution in [3.63, 3.8) is 0 Å². The molecule has 1 unspecified atom stereocenters. The van der Waals surface area contributed by atoms with E-state index < -0.39 is 0 Å². The monoisotopic (exact) mass is 310 g/mol. The van der Waals surface area contributed by atoms with Crippen LogP contribution in [0.3, 0.4) is 0 Å². The number of nitrogens with one attached hydrogen (secondary N) is 1. The van der Waals surface area contributed by atoms with Gasteiger partial charge < -0.3 is 10.1 Å². The van der Waals surface area contributed by atoms with Crippen molar-refractivity contribution in [3.8, 4) is 0 Å². The second kappa shape index (κ2) is 7.21. The summed E-state index contributed by atoms with van der Waals surface area (Å²) in [7, 11) is 3.84. The van der Waals surface area contributed by atoms with Gasteiger partial charge in [0.05, 0.1) is 5.69 Å². The largest absolute Gasteiger partial charge is 0.374 e. The minimum Gasteiger partial charge on any atom is -0.374 e. The molecule has 1 N–H and O–H groups in total. The quantitative estimate of drug-likeness (QED) is 0.873. The summed E-state index contributed by atoms with van der Waals surface area (Å²) in [4.78, 5) is 6.36. The summed E-state index contributed by atoms with van der Waals surface area (Å²) < 4.78 is 5.86. The highest BCUT2D eigenvalue weighted by Gasteiger charge is 2.30. The Balaban J connectivity index is 2.28. The third-order valence-electron chi connectivity index (χ3n) is 4.34. The minimum absolute atomic E-state index is 0.0891. The maximum atomic E-state index is 5.86. The molecule has 0 aromatic carbocycles. The van der Waals surface area contributed by atoms with Gasteiger partial charge in [-0.3, -0.25) is 0 Å².